The Balaban J connectivity index is 2.95. The Morgan fingerprint density at radius 3 is 2.50 bits per heavy atom. The maximum atomic E-state index is 9.16. The van der Waals surface area contributed by atoms with Crippen molar-refractivity contribution in [3.05, 3.63) is 29.3 Å². The second-order valence-corrected chi connectivity index (χ2v) is 4.54. The van der Waals surface area contributed by atoms with E-state index in [0.717, 1.165) is 23.3 Å². The Hall–Kier alpha value is -1.49. The van der Waals surface area contributed by atoms with Gasteiger partial charge >= 0.3 is 0 Å². The molecular formula is C14H19NO. The third-order valence-electron chi connectivity index (χ3n) is 2.68. The van der Waals surface area contributed by atoms with Crippen LogP contribution in [0.3, 0.4) is 0 Å². The molecule has 0 saturated heterocycles. The first-order valence-electron chi connectivity index (χ1n) is 5.62. The standard InChI is InChI=1S/C14H19NO/c1-10(2)7-13(9-15)12-5-6-14(16-4)11(3)8-12/h5-6,8,10,13H,7H2,1-4H3. The van der Waals surface area contributed by atoms with Crippen molar-refractivity contribution in [2.75, 3.05) is 7.11 Å². The lowest BCUT2D eigenvalue weighted by Crippen LogP contribution is -2.01. The van der Waals surface area contributed by atoms with Crippen LogP contribution in [0.25, 0.3) is 0 Å². The molecule has 1 aromatic rings. The summed E-state index contributed by atoms with van der Waals surface area (Å²) in [4.78, 5) is 0. The van der Waals surface area contributed by atoms with Crippen molar-refractivity contribution in [1.29, 1.82) is 5.26 Å². The molecule has 16 heavy (non-hydrogen) atoms. The first-order valence-corrected chi connectivity index (χ1v) is 5.62. The summed E-state index contributed by atoms with van der Waals surface area (Å²) in [5, 5.41) is 9.16. The molecule has 1 atom stereocenters. The Labute approximate surface area is 97.9 Å². The van der Waals surface area contributed by atoms with Gasteiger partial charge in [-0.25, -0.2) is 0 Å². The minimum atomic E-state index is -0.00962. The number of hydrogen-bond acceptors (Lipinski definition) is 2. The lowest BCUT2D eigenvalue weighted by Gasteiger charge is -2.13. The molecule has 0 aliphatic carbocycles. The van der Waals surface area contributed by atoms with Gasteiger partial charge in [0.2, 0.25) is 0 Å². The Bertz CT molecular complexity index is 390. The van der Waals surface area contributed by atoms with Gasteiger partial charge in [-0.1, -0.05) is 26.0 Å². The average molecular weight is 217 g/mol. The highest BCUT2D eigenvalue weighted by molar-refractivity contribution is 5.39. The normalized spacial score (nSPS) is 12.2. The van der Waals surface area contributed by atoms with Crippen molar-refractivity contribution >= 4 is 0 Å². The van der Waals surface area contributed by atoms with Crippen LogP contribution in [0.15, 0.2) is 18.2 Å². The topological polar surface area (TPSA) is 33.0 Å². The van der Waals surface area contributed by atoms with Gasteiger partial charge in [-0.2, -0.15) is 5.26 Å². The minimum Gasteiger partial charge on any atom is -0.496 e. The van der Waals surface area contributed by atoms with Crippen molar-refractivity contribution in [2.45, 2.75) is 33.1 Å². The average Bonchev–Trinajstić information content (AvgIpc) is 2.25. The van der Waals surface area contributed by atoms with Gasteiger partial charge in [0, 0.05) is 0 Å². The molecule has 1 aromatic carbocycles. The fourth-order valence-electron chi connectivity index (χ4n) is 1.85. The quantitative estimate of drug-likeness (QED) is 0.771. The van der Waals surface area contributed by atoms with Gasteiger partial charge in [0.1, 0.15) is 5.75 Å². The number of nitrogens with zero attached hydrogens (tertiary/aromatic N) is 1. The monoisotopic (exact) mass is 217 g/mol. The molecule has 0 aliphatic heterocycles. The summed E-state index contributed by atoms with van der Waals surface area (Å²) in [5.74, 6) is 1.40. The lowest BCUT2D eigenvalue weighted by molar-refractivity contribution is 0.411. The van der Waals surface area contributed by atoms with E-state index < -0.39 is 0 Å². The van der Waals surface area contributed by atoms with Crippen LogP contribution < -0.4 is 4.74 Å². The van der Waals surface area contributed by atoms with E-state index in [2.05, 4.69) is 26.0 Å². The van der Waals surface area contributed by atoms with Crippen LogP contribution in [0, 0.1) is 24.2 Å². The van der Waals surface area contributed by atoms with E-state index in [1.54, 1.807) is 7.11 Å². The largest absolute Gasteiger partial charge is 0.496 e. The third-order valence-corrected chi connectivity index (χ3v) is 2.68. The summed E-state index contributed by atoms with van der Waals surface area (Å²) < 4.78 is 5.21. The van der Waals surface area contributed by atoms with Gasteiger partial charge in [0.15, 0.2) is 0 Å². The summed E-state index contributed by atoms with van der Waals surface area (Å²) in [7, 11) is 1.66. The summed E-state index contributed by atoms with van der Waals surface area (Å²) in [5.41, 5.74) is 2.18. The summed E-state index contributed by atoms with van der Waals surface area (Å²) in [6, 6.07) is 8.35. The highest BCUT2D eigenvalue weighted by Crippen LogP contribution is 2.27. The van der Waals surface area contributed by atoms with Gasteiger partial charge in [0.25, 0.3) is 0 Å². The maximum absolute atomic E-state index is 9.16. The van der Waals surface area contributed by atoms with E-state index >= 15 is 0 Å². The number of hydrogen-bond donors (Lipinski definition) is 0. The zero-order valence-electron chi connectivity index (χ0n) is 10.4. The molecule has 0 fully saturated rings. The summed E-state index contributed by atoms with van der Waals surface area (Å²) in [6.07, 6.45) is 0.905. The van der Waals surface area contributed by atoms with Gasteiger partial charge in [0.05, 0.1) is 19.1 Å². The fraction of sp³-hybridized carbons (Fsp3) is 0.500. The molecular weight excluding hydrogens is 198 g/mol. The molecule has 0 aliphatic rings. The molecule has 1 rings (SSSR count). The van der Waals surface area contributed by atoms with Gasteiger partial charge in [-0.05, 0) is 36.5 Å². The molecule has 0 N–H and O–H groups in total. The van der Waals surface area contributed by atoms with Crippen LogP contribution in [-0.2, 0) is 0 Å². The van der Waals surface area contributed by atoms with Crippen molar-refractivity contribution in [2.24, 2.45) is 5.92 Å². The highest BCUT2D eigenvalue weighted by Gasteiger charge is 2.13. The highest BCUT2D eigenvalue weighted by atomic mass is 16.5. The van der Waals surface area contributed by atoms with Crippen LogP contribution in [0.4, 0.5) is 0 Å². The van der Waals surface area contributed by atoms with Crippen molar-refractivity contribution in [1.82, 2.24) is 0 Å². The number of methoxy groups -OCH3 is 1. The SMILES string of the molecule is COc1ccc(C(C#N)CC(C)C)cc1C. The number of aryl methyl sites for hydroxylation is 1. The van der Waals surface area contributed by atoms with Gasteiger partial charge in [-0.3, -0.25) is 0 Å². The van der Waals surface area contributed by atoms with E-state index in [1.807, 2.05) is 19.1 Å². The molecule has 0 heterocycles. The molecule has 0 radical (unpaired) electrons. The number of nitriles is 1. The fourth-order valence-corrected chi connectivity index (χ4v) is 1.85. The Kier molecular flexibility index (Phi) is 4.37. The van der Waals surface area contributed by atoms with E-state index in [9.17, 15) is 0 Å². The van der Waals surface area contributed by atoms with Crippen molar-refractivity contribution in [3.8, 4) is 11.8 Å². The van der Waals surface area contributed by atoms with E-state index in [0.29, 0.717) is 5.92 Å². The summed E-state index contributed by atoms with van der Waals surface area (Å²) >= 11 is 0. The van der Waals surface area contributed by atoms with Crippen molar-refractivity contribution < 1.29 is 4.74 Å². The van der Waals surface area contributed by atoms with Crippen LogP contribution >= 0.6 is 0 Å². The number of ether oxygens (including phenoxy) is 1. The predicted molar refractivity (Wildman–Crippen MR) is 65.5 cm³/mol. The lowest BCUT2D eigenvalue weighted by atomic mass is 9.90. The van der Waals surface area contributed by atoms with Crippen LogP contribution in [0.5, 0.6) is 5.75 Å². The molecule has 86 valence electrons. The number of rotatable bonds is 4. The maximum Gasteiger partial charge on any atom is 0.121 e. The molecule has 0 bridgehead atoms. The van der Waals surface area contributed by atoms with Crippen LogP contribution in [0.1, 0.15) is 37.3 Å². The van der Waals surface area contributed by atoms with E-state index in [4.69, 9.17) is 10.00 Å². The molecule has 0 spiro atoms. The van der Waals surface area contributed by atoms with E-state index in [-0.39, 0.29) is 5.92 Å². The molecule has 2 nitrogen and oxygen atoms in total. The Morgan fingerprint density at radius 1 is 1.38 bits per heavy atom. The molecule has 1 unspecified atom stereocenters. The van der Waals surface area contributed by atoms with Gasteiger partial charge in [-0.15, -0.1) is 0 Å². The minimum absolute atomic E-state index is 0.00962. The number of benzene rings is 1. The Morgan fingerprint density at radius 2 is 2.06 bits per heavy atom. The smallest absolute Gasteiger partial charge is 0.121 e. The zero-order valence-corrected chi connectivity index (χ0v) is 10.4. The summed E-state index contributed by atoms with van der Waals surface area (Å²) in [6.45, 7) is 6.29. The zero-order chi connectivity index (χ0) is 12.1. The third kappa shape index (κ3) is 3.00. The molecule has 0 saturated carbocycles. The first-order chi connectivity index (χ1) is 7.58. The predicted octanol–water partition coefficient (Wildman–Crippen LogP) is 3.66. The second-order valence-electron chi connectivity index (χ2n) is 4.54. The second kappa shape index (κ2) is 5.55. The molecule has 2 heteroatoms. The van der Waals surface area contributed by atoms with Crippen molar-refractivity contribution in [3.63, 3.8) is 0 Å². The molecule has 0 aromatic heterocycles. The first kappa shape index (κ1) is 12.6. The molecule has 0 amide bonds. The van der Waals surface area contributed by atoms with Gasteiger partial charge < -0.3 is 4.74 Å². The van der Waals surface area contributed by atoms with Crippen LogP contribution in [0.2, 0.25) is 0 Å². The van der Waals surface area contributed by atoms with E-state index in [1.165, 1.54) is 0 Å². The van der Waals surface area contributed by atoms with Crippen LogP contribution in [-0.4, -0.2) is 7.11 Å².